The molecule has 2 aromatic heterocycles. The van der Waals surface area contributed by atoms with Crippen LogP contribution in [0, 0.1) is 0 Å². The van der Waals surface area contributed by atoms with Gasteiger partial charge in [-0.25, -0.2) is 9.97 Å². The zero-order chi connectivity index (χ0) is 20.7. The van der Waals surface area contributed by atoms with Crippen molar-refractivity contribution >= 4 is 23.3 Å². The third kappa shape index (κ3) is 3.51. The Morgan fingerprint density at radius 3 is 2.39 bits per heavy atom. The lowest BCUT2D eigenvalue weighted by molar-refractivity contribution is -0.141. The summed E-state index contributed by atoms with van der Waals surface area (Å²) in [5.74, 6) is 0.908. The minimum atomic E-state index is -4.57. The lowest BCUT2D eigenvalue weighted by atomic mass is 9.95. The lowest BCUT2D eigenvalue weighted by Gasteiger charge is -2.20. The molecule has 0 saturated heterocycles. The van der Waals surface area contributed by atoms with Gasteiger partial charge in [0, 0.05) is 11.5 Å². The maximum atomic E-state index is 13.2. The van der Waals surface area contributed by atoms with E-state index in [4.69, 9.17) is 4.74 Å². The molecule has 148 valence electrons. The van der Waals surface area contributed by atoms with E-state index in [0.717, 1.165) is 6.07 Å². The van der Waals surface area contributed by atoms with Crippen LogP contribution in [0.4, 0.5) is 18.9 Å². The summed E-state index contributed by atoms with van der Waals surface area (Å²) >= 11 is 0. The number of anilines is 1. The van der Waals surface area contributed by atoms with E-state index >= 15 is 0 Å². The minimum Gasteiger partial charge on any atom is -0.494 e. The van der Waals surface area contributed by atoms with Crippen molar-refractivity contribution in [1.29, 1.82) is 0 Å². The van der Waals surface area contributed by atoms with Crippen molar-refractivity contribution in [2.75, 3.05) is 12.4 Å². The lowest BCUT2D eigenvalue weighted by Crippen LogP contribution is -2.18. The third-order valence-electron chi connectivity index (χ3n) is 4.12. The molecule has 3 aromatic rings. The zero-order valence-corrected chi connectivity index (χ0v) is 15.8. The Morgan fingerprint density at radius 1 is 1.11 bits per heavy atom. The number of hydrogen-bond acceptors (Lipinski definition) is 4. The highest BCUT2D eigenvalue weighted by Crippen LogP contribution is 2.35. The molecule has 1 amide bonds. The van der Waals surface area contributed by atoms with Crippen LogP contribution in [0.5, 0.6) is 5.75 Å². The smallest absolute Gasteiger partial charge is 0.433 e. The quantitative estimate of drug-likeness (QED) is 0.672. The molecule has 3 rings (SSSR count). The van der Waals surface area contributed by atoms with Crippen LogP contribution in [0.3, 0.4) is 0 Å². The van der Waals surface area contributed by atoms with Crippen molar-refractivity contribution in [3.8, 4) is 11.4 Å². The van der Waals surface area contributed by atoms with E-state index in [2.05, 4.69) is 15.3 Å². The van der Waals surface area contributed by atoms with Crippen molar-refractivity contribution in [2.24, 2.45) is 0 Å². The fourth-order valence-electron chi connectivity index (χ4n) is 2.86. The number of aromatic nitrogens is 3. The number of carbonyl (C=O) groups is 1. The Kier molecular flexibility index (Phi) is 4.78. The second-order valence-corrected chi connectivity index (χ2v) is 7.20. The number of halogens is 3. The first-order valence-electron chi connectivity index (χ1n) is 8.42. The number of rotatable bonds is 4. The van der Waals surface area contributed by atoms with Crippen LogP contribution < -0.4 is 10.1 Å². The number of pyridine rings is 1. The zero-order valence-electron chi connectivity index (χ0n) is 15.8. The van der Waals surface area contributed by atoms with E-state index in [-0.39, 0.29) is 5.65 Å². The van der Waals surface area contributed by atoms with Gasteiger partial charge < -0.3 is 10.1 Å². The van der Waals surface area contributed by atoms with Gasteiger partial charge in [0.05, 0.1) is 18.5 Å². The highest BCUT2D eigenvalue weighted by molar-refractivity contribution is 5.78. The summed E-state index contributed by atoms with van der Waals surface area (Å²) in [6.07, 6.45) is -4.05. The normalized spacial score (nSPS) is 12.2. The second kappa shape index (κ2) is 6.81. The van der Waals surface area contributed by atoms with E-state index in [1.54, 1.807) is 22.8 Å². The number of carbonyl (C=O) groups excluding carboxylic acids is 1. The van der Waals surface area contributed by atoms with Gasteiger partial charge in [0.25, 0.3) is 0 Å². The number of ether oxygens (including phenoxy) is 1. The molecule has 28 heavy (non-hydrogen) atoms. The molecule has 2 heterocycles. The molecule has 0 bridgehead atoms. The van der Waals surface area contributed by atoms with E-state index in [9.17, 15) is 18.0 Å². The number of benzene rings is 1. The first-order valence-corrected chi connectivity index (χ1v) is 8.42. The van der Waals surface area contributed by atoms with Gasteiger partial charge in [-0.05, 0) is 24.3 Å². The Balaban J connectivity index is 2.32. The van der Waals surface area contributed by atoms with E-state index in [1.165, 1.54) is 13.2 Å². The Labute approximate surface area is 159 Å². The maximum Gasteiger partial charge on any atom is 0.433 e. The van der Waals surface area contributed by atoms with Gasteiger partial charge in [0.15, 0.2) is 5.65 Å². The van der Waals surface area contributed by atoms with Crippen LogP contribution >= 0.6 is 0 Å². The molecule has 9 heteroatoms. The average molecular weight is 392 g/mol. The van der Waals surface area contributed by atoms with Crippen LogP contribution in [0.2, 0.25) is 0 Å². The second-order valence-electron chi connectivity index (χ2n) is 7.20. The molecule has 0 saturated carbocycles. The monoisotopic (exact) mass is 392 g/mol. The summed E-state index contributed by atoms with van der Waals surface area (Å²) in [5, 5.41) is 2.52. The van der Waals surface area contributed by atoms with Crippen molar-refractivity contribution in [1.82, 2.24) is 14.5 Å². The minimum absolute atomic E-state index is 0.0953. The van der Waals surface area contributed by atoms with Gasteiger partial charge >= 0.3 is 6.18 Å². The van der Waals surface area contributed by atoms with Crippen LogP contribution in [-0.2, 0) is 16.4 Å². The van der Waals surface area contributed by atoms with Crippen molar-refractivity contribution in [2.45, 2.75) is 32.4 Å². The number of alkyl halides is 3. The Morgan fingerprint density at radius 2 is 1.82 bits per heavy atom. The Hall–Kier alpha value is -3.10. The summed E-state index contributed by atoms with van der Waals surface area (Å²) in [6.45, 7) is 5.73. The summed E-state index contributed by atoms with van der Waals surface area (Å²) in [4.78, 5) is 19.1. The first-order chi connectivity index (χ1) is 13.1. The highest BCUT2D eigenvalue weighted by Gasteiger charge is 2.34. The SMILES string of the molecule is COc1cc(-n2c(C(C)(C)C)nc3ccc(C(F)(F)F)nc32)ccc1NC=O. The van der Waals surface area contributed by atoms with Crippen LogP contribution in [-0.4, -0.2) is 28.1 Å². The largest absolute Gasteiger partial charge is 0.494 e. The summed E-state index contributed by atoms with van der Waals surface area (Å²) in [5.41, 5.74) is -0.0522. The molecule has 0 fully saturated rings. The average Bonchev–Trinajstić information content (AvgIpc) is 3.00. The molecule has 0 aliphatic rings. The summed E-state index contributed by atoms with van der Waals surface area (Å²) < 4.78 is 46.5. The summed E-state index contributed by atoms with van der Waals surface area (Å²) in [6, 6.07) is 7.12. The molecule has 0 aliphatic carbocycles. The number of fused-ring (bicyclic) bond motifs is 1. The maximum absolute atomic E-state index is 13.2. The molecular weight excluding hydrogens is 373 g/mol. The molecular formula is C19H19F3N4O2. The topological polar surface area (TPSA) is 69.0 Å². The molecule has 0 atom stereocenters. The predicted molar refractivity (Wildman–Crippen MR) is 98.8 cm³/mol. The molecule has 1 aromatic carbocycles. The third-order valence-corrected chi connectivity index (χ3v) is 4.12. The standard InChI is InChI=1S/C19H19F3N4O2/c1-18(2,3)17-24-13-7-8-15(19(20,21)22)25-16(13)26(17)11-5-6-12(23-10-27)14(9-11)28-4/h5-10H,1-4H3,(H,23,27). The van der Waals surface area contributed by atoms with Gasteiger partial charge in [0.1, 0.15) is 22.8 Å². The van der Waals surface area contributed by atoms with E-state index < -0.39 is 17.3 Å². The van der Waals surface area contributed by atoms with Crippen LogP contribution in [0.1, 0.15) is 32.3 Å². The van der Waals surface area contributed by atoms with Gasteiger partial charge in [-0.2, -0.15) is 13.2 Å². The van der Waals surface area contributed by atoms with Crippen molar-refractivity contribution in [3.63, 3.8) is 0 Å². The van der Waals surface area contributed by atoms with Crippen molar-refractivity contribution < 1.29 is 22.7 Å². The van der Waals surface area contributed by atoms with Crippen molar-refractivity contribution in [3.05, 3.63) is 41.9 Å². The molecule has 0 unspecified atom stereocenters. The van der Waals surface area contributed by atoms with Gasteiger partial charge in [0.2, 0.25) is 6.41 Å². The molecule has 1 N–H and O–H groups in total. The number of methoxy groups -OCH3 is 1. The molecule has 0 radical (unpaired) electrons. The fraction of sp³-hybridized carbons (Fsp3) is 0.316. The van der Waals surface area contributed by atoms with E-state index in [1.807, 2.05) is 20.8 Å². The number of nitrogens with one attached hydrogen (secondary N) is 1. The van der Waals surface area contributed by atoms with Crippen LogP contribution in [0.15, 0.2) is 30.3 Å². The van der Waals surface area contributed by atoms with E-state index in [0.29, 0.717) is 34.9 Å². The Bertz CT molecular complexity index is 1040. The molecule has 0 spiro atoms. The number of amides is 1. The summed E-state index contributed by atoms with van der Waals surface area (Å²) in [7, 11) is 1.44. The first kappa shape index (κ1) is 19.7. The molecule has 6 nitrogen and oxygen atoms in total. The van der Waals surface area contributed by atoms with Gasteiger partial charge in [-0.1, -0.05) is 20.8 Å². The number of hydrogen-bond donors (Lipinski definition) is 1. The predicted octanol–water partition coefficient (Wildman–Crippen LogP) is 4.31. The van der Waals surface area contributed by atoms with Gasteiger partial charge in [-0.15, -0.1) is 0 Å². The fourth-order valence-corrected chi connectivity index (χ4v) is 2.86. The number of nitrogens with zero attached hydrogens (tertiary/aromatic N) is 3. The van der Waals surface area contributed by atoms with Crippen LogP contribution in [0.25, 0.3) is 16.9 Å². The number of imidazole rings is 1. The molecule has 0 aliphatic heterocycles. The highest BCUT2D eigenvalue weighted by atomic mass is 19.4. The van der Waals surface area contributed by atoms with Gasteiger partial charge in [-0.3, -0.25) is 9.36 Å².